The normalized spacial score (nSPS) is 11.0. The number of hydrogen-bond donors (Lipinski definition) is 1. The van der Waals surface area contributed by atoms with Crippen molar-refractivity contribution in [1.82, 2.24) is 0 Å². The predicted octanol–water partition coefficient (Wildman–Crippen LogP) is 6.74. The van der Waals surface area contributed by atoms with E-state index in [1.54, 1.807) is 36.4 Å². The molecule has 1 amide bonds. The number of methoxy groups -OCH3 is 1. The molecule has 0 aliphatic carbocycles. The molecule has 33 heavy (non-hydrogen) atoms. The average molecular weight is 481 g/mol. The van der Waals surface area contributed by atoms with Gasteiger partial charge in [-0.3, -0.25) is 4.79 Å². The van der Waals surface area contributed by atoms with Crippen LogP contribution in [0.4, 0.5) is 5.69 Å². The van der Waals surface area contributed by atoms with Gasteiger partial charge >= 0.3 is 0 Å². The van der Waals surface area contributed by atoms with Crippen molar-refractivity contribution in [3.05, 3.63) is 92.5 Å². The number of halogens is 2. The molecule has 168 valence electrons. The minimum absolute atomic E-state index is 0.114. The molecule has 0 saturated heterocycles. The number of nitrogens with one attached hydrogen (secondary N) is 1. The minimum Gasteiger partial charge on any atom is -0.493 e. The highest BCUT2D eigenvalue weighted by atomic mass is 35.5. The lowest BCUT2D eigenvalue weighted by Crippen LogP contribution is -2.13. The van der Waals surface area contributed by atoms with Gasteiger partial charge in [-0.2, -0.15) is 5.26 Å². The summed E-state index contributed by atoms with van der Waals surface area (Å²) in [4.78, 5) is 12.6. The number of carbonyl (C=O) groups is 1. The van der Waals surface area contributed by atoms with Crippen LogP contribution in [0.25, 0.3) is 6.08 Å². The average Bonchev–Trinajstić information content (AvgIpc) is 2.80. The fourth-order valence-electron chi connectivity index (χ4n) is 3.08. The SMILES string of the molecule is COc1cc(/C=C(\C#N)C(=O)Nc2ccccc2Cl)cc(Cl)c1OCc1ccc(C)c(C)c1. The van der Waals surface area contributed by atoms with E-state index in [2.05, 4.69) is 18.3 Å². The second kappa shape index (κ2) is 10.9. The van der Waals surface area contributed by atoms with E-state index in [4.69, 9.17) is 32.7 Å². The van der Waals surface area contributed by atoms with Gasteiger partial charge in [0.1, 0.15) is 18.2 Å². The maximum Gasteiger partial charge on any atom is 0.266 e. The zero-order valence-electron chi connectivity index (χ0n) is 18.4. The third-order valence-corrected chi connectivity index (χ3v) is 5.61. The zero-order valence-corrected chi connectivity index (χ0v) is 19.9. The smallest absolute Gasteiger partial charge is 0.266 e. The summed E-state index contributed by atoms with van der Waals surface area (Å²) < 4.78 is 11.4. The molecule has 3 aromatic carbocycles. The number of para-hydroxylation sites is 1. The number of nitrogens with zero attached hydrogens (tertiary/aromatic N) is 1. The molecule has 0 spiro atoms. The van der Waals surface area contributed by atoms with E-state index in [9.17, 15) is 10.1 Å². The Morgan fingerprint density at radius 3 is 2.48 bits per heavy atom. The van der Waals surface area contributed by atoms with E-state index < -0.39 is 5.91 Å². The molecule has 5 nitrogen and oxygen atoms in total. The van der Waals surface area contributed by atoms with Crippen molar-refractivity contribution in [3.63, 3.8) is 0 Å². The lowest BCUT2D eigenvalue weighted by atomic mass is 10.1. The second-order valence-electron chi connectivity index (χ2n) is 7.35. The molecule has 3 aromatic rings. The Balaban J connectivity index is 1.83. The summed E-state index contributed by atoms with van der Waals surface area (Å²) in [5, 5.41) is 12.8. The molecule has 0 aromatic heterocycles. The number of rotatable bonds is 7. The highest BCUT2D eigenvalue weighted by molar-refractivity contribution is 6.34. The Hall–Kier alpha value is -3.46. The molecule has 1 N–H and O–H groups in total. The molecule has 0 heterocycles. The monoisotopic (exact) mass is 480 g/mol. The molecule has 0 bridgehead atoms. The number of anilines is 1. The summed E-state index contributed by atoms with van der Waals surface area (Å²) >= 11 is 12.5. The summed E-state index contributed by atoms with van der Waals surface area (Å²) in [6.07, 6.45) is 1.42. The quantitative estimate of drug-likeness (QED) is 0.300. The van der Waals surface area contributed by atoms with Crippen LogP contribution in [-0.2, 0) is 11.4 Å². The largest absolute Gasteiger partial charge is 0.493 e. The van der Waals surface area contributed by atoms with Crippen LogP contribution in [0.3, 0.4) is 0 Å². The van der Waals surface area contributed by atoms with Crippen molar-refractivity contribution in [1.29, 1.82) is 5.26 Å². The molecule has 0 atom stereocenters. The summed E-state index contributed by atoms with van der Waals surface area (Å²) in [5.74, 6) is 0.186. The van der Waals surface area contributed by atoms with Gasteiger partial charge in [0.25, 0.3) is 5.91 Å². The molecule has 3 rings (SSSR count). The van der Waals surface area contributed by atoms with Crippen molar-refractivity contribution in [3.8, 4) is 17.6 Å². The van der Waals surface area contributed by atoms with E-state index in [1.807, 2.05) is 25.1 Å². The fraction of sp³-hybridized carbons (Fsp3) is 0.154. The molecule has 0 fully saturated rings. The summed E-state index contributed by atoms with van der Waals surface area (Å²) in [5.41, 5.74) is 4.20. The number of nitriles is 1. The summed E-state index contributed by atoms with van der Waals surface area (Å²) in [7, 11) is 1.50. The zero-order chi connectivity index (χ0) is 24.0. The van der Waals surface area contributed by atoms with E-state index >= 15 is 0 Å². The molecular weight excluding hydrogens is 459 g/mol. The van der Waals surface area contributed by atoms with Gasteiger partial charge < -0.3 is 14.8 Å². The van der Waals surface area contributed by atoms with Crippen LogP contribution in [-0.4, -0.2) is 13.0 Å². The third-order valence-electron chi connectivity index (χ3n) is 5.00. The van der Waals surface area contributed by atoms with Gasteiger partial charge in [-0.1, -0.05) is 53.5 Å². The van der Waals surface area contributed by atoms with Crippen molar-refractivity contribution in [2.45, 2.75) is 20.5 Å². The Morgan fingerprint density at radius 2 is 1.82 bits per heavy atom. The first-order valence-electron chi connectivity index (χ1n) is 10.1. The van der Waals surface area contributed by atoms with Gasteiger partial charge in [-0.05, 0) is 66.4 Å². The van der Waals surface area contributed by atoms with E-state index in [-0.39, 0.29) is 5.57 Å². The van der Waals surface area contributed by atoms with Gasteiger partial charge in [0.2, 0.25) is 0 Å². The first-order chi connectivity index (χ1) is 15.8. The first-order valence-corrected chi connectivity index (χ1v) is 10.8. The van der Waals surface area contributed by atoms with Crippen LogP contribution < -0.4 is 14.8 Å². The van der Waals surface area contributed by atoms with Gasteiger partial charge in [0, 0.05) is 0 Å². The van der Waals surface area contributed by atoms with Crippen molar-refractivity contribution >= 4 is 40.9 Å². The van der Waals surface area contributed by atoms with Crippen LogP contribution in [0.1, 0.15) is 22.3 Å². The van der Waals surface area contributed by atoms with Crippen molar-refractivity contribution < 1.29 is 14.3 Å². The lowest BCUT2D eigenvalue weighted by Gasteiger charge is -2.14. The Labute approximate surface area is 203 Å². The first kappa shape index (κ1) is 24.2. The van der Waals surface area contributed by atoms with Crippen LogP contribution in [0.5, 0.6) is 11.5 Å². The van der Waals surface area contributed by atoms with Gasteiger partial charge in [0.15, 0.2) is 11.5 Å². The van der Waals surface area contributed by atoms with Crippen LogP contribution >= 0.6 is 23.2 Å². The van der Waals surface area contributed by atoms with Crippen LogP contribution in [0.15, 0.2) is 60.2 Å². The number of amides is 1. The van der Waals surface area contributed by atoms with Gasteiger partial charge in [0.05, 0.1) is 22.8 Å². The standard InChI is InChI=1S/C26H22Cl2N2O3/c1-16-8-9-18(10-17(16)2)15-33-25-22(28)12-19(13-24(25)32-3)11-20(14-29)26(31)30-23-7-5-4-6-21(23)27/h4-13H,15H2,1-3H3,(H,30,31)/b20-11+. The number of ether oxygens (including phenoxy) is 2. The number of hydrogen-bond acceptors (Lipinski definition) is 4. The Kier molecular flexibility index (Phi) is 8.00. The number of benzene rings is 3. The maximum atomic E-state index is 12.6. The number of aryl methyl sites for hydroxylation is 2. The van der Waals surface area contributed by atoms with Gasteiger partial charge in [-0.25, -0.2) is 0 Å². The van der Waals surface area contributed by atoms with Crippen LogP contribution in [0, 0.1) is 25.2 Å². The highest BCUT2D eigenvalue weighted by Crippen LogP contribution is 2.37. The summed E-state index contributed by atoms with van der Waals surface area (Å²) in [6, 6.07) is 18.0. The van der Waals surface area contributed by atoms with E-state index in [1.165, 1.54) is 24.3 Å². The highest BCUT2D eigenvalue weighted by Gasteiger charge is 2.15. The molecular formula is C26H22Cl2N2O3. The lowest BCUT2D eigenvalue weighted by molar-refractivity contribution is -0.112. The van der Waals surface area contributed by atoms with Crippen molar-refractivity contribution in [2.24, 2.45) is 0 Å². The topological polar surface area (TPSA) is 71.3 Å². The van der Waals surface area contributed by atoms with Crippen LogP contribution in [0.2, 0.25) is 10.0 Å². The molecule has 0 saturated carbocycles. The molecule has 7 heteroatoms. The Bertz CT molecular complexity index is 1260. The summed E-state index contributed by atoms with van der Waals surface area (Å²) in [6.45, 7) is 4.41. The molecule has 0 unspecified atom stereocenters. The number of carbonyl (C=O) groups excluding carboxylic acids is 1. The third kappa shape index (κ3) is 6.07. The second-order valence-corrected chi connectivity index (χ2v) is 8.16. The van der Waals surface area contributed by atoms with E-state index in [0.717, 1.165) is 5.56 Å². The van der Waals surface area contributed by atoms with E-state index in [0.29, 0.717) is 39.4 Å². The van der Waals surface area contributed by atoms with Crippen molar-refractivity contribution in [2.75, 3.05) is 12.4 Å². The Morgan fingerprint density at radius 1 is 1.06 bits per heavy atom. The minimum atomic E-state index is -0.587. The molecule has 0 aliphatic rings. The van der Waals surface area contributed by atoms with Gasteiger partial charge in [-0.15, -0.1) is 0 Å². The molecule has 0 radical (unpaired) electrons. The predicted molar refractivity (Wildman–Crippen MR) is 132 cm³/mol. The molecule has 0 aliphatic heterocycles. The fourth-order valence-corrected chi connectivity index (χ4v) is 3.54. The maximum absolute atomic E-state index is 12.6.